The molecule has 100 valence electrons. The van der Waals surface area contributed by atoms with Crippen molar-refractivity contribution < 1.29 is 0 Å². The number of rotatable bonds is 3. The normalized spacial score (nSPS) is 25.0. The van der Waals surface area contributed by atoms with Crippen LogP contribution in [0.25, 0.3) is 0 Å². The van der Waals surface area contributed by atoms with Gasteiger partial charge in [0.15, 0.2) is 0 Å². The van der Waals surface area contributed by atoms with E-state index in [1.165, 1.54) is 11.1 Å². The van der Waals surface area contributed by atoms with E-state index in [0.29, 0.717) is 12.0 Å². The first-order valence-corrected chi connectivity index (χ1v) is 7.12. The fourth-order valence-electron chi connectivity index (χ4n) is 2.95. The second-order valence-electron chi connectivity index (χ2n) is 5.79. The molecule has 2 N–H and O–H groups in total. The Hall–Kier alpha value is -0.570. The molecule has 2 nitrogen and oxygen atoms in total. The van der Waals surface area contributed by atoms with Gasteiger partial charge in [-0.3, -0.25) is 4.90 Å². The maximum absolute atomic E-state index is 6.31. The Kier molecular flexibility index (Phi) is 4.31. The average molecular weight is 267 g/mol. The van der Waals surface area contributed by atoms with E-state index in [-0.39, 0.29) is 6.04 Å². The van der Waals surface area contributed by atoms with Crippen molar-refractivity contribution in [3.63, 3.8) is 0 Å². The minimum absolute atomic E-state index is 0.239. The van der Waals surface area contributed by atoms with Gasteiger partial charge in [0.2, 0.25) is 0 Å². The highest BCUT2D eigenvalue weighted by atomic mass is 35.5. The molecule has 2 rings (SSSR count). The summed E-state index contributed by atoms with van der Waals surface area (Å²) in [6.07, 6.45) is 1.08. The Morgan fingerprint density at radius 1 is 1.44 bits per heavy atom. The highest BCUT2D eigenvalue weighted by Crippen LogP contribution is 2.34. The van der Waals surface area contributed by atoms with Crippen molar-refractivity contribution in [2.24, 2.45) is 11.7 Å². The number of nitrogens with two attached hydrogens (primary N) is 1. The van der Waals surface area contributed by atoms with Crippen molar-refractivity contribution in [1.82, 2.24) is 4.90 Å². The number of halogens is 1. The molecule has 1 fully saturated rings. The summed E-state index contributed by atoms with van der Waals surface area (Å²) in [5, 5.41) is 0.804. The first-order valence-electron chi connectivity index (χ1n) is 6.74. The summed E-state index contributed by atoms with van der Waals surface area (Å²) in [6, 6.07) is 6.74. The number of aryl methyl sites for hydroxylation is 1. The number of benzene rings is 1. The number of likely N-dealkylation sites (tertiary alicyclic amines) is 1. The third-order valence-corrected chi connectivity index (χ3v) is 3.93. The Morgan fingerprint density at radius 3 is 2.78 bits per heavy atom. The lowest BCUT2D eigenvalue weighted by Gasteiger charge is -2.29. The number of hydrogen-bond donors (Lipinski definition) is 1. The molecule has 1 aliphatic rings. The van der Waals surface area contributed by atoms with Gasteiger partial charge in [-0.2, -0.15) is 0 Å². The van der Waals surface area contributed by atoms with Crippen LogP contribution in [-0.4, -0.2) is 24.0 Å². The average Bonchev–Trinajstić information content (AvgIpc) is 2.60. The molecule has 0 bridgehead atoms. The van der Waals surface area contributed by atoms with Crippen LogP contribution >= 0.6 is 11.6 Å². The van der Waals surface area contributed by atoms with E-state index in [2.05, 4.69) is 31.7 Å². The van der Waals surface area contributed by atoms with Gasteiger partial charge in [0, 0.05) is 24.2 Å². The second-order valence-corrected chi connectivity index (χ2v) is 6.22. The molecule has 18 heavy (non-hydrogen) atoms. The van der Waals surface area contributed by atoms with Gasteiger partial charge < -0.3 is 5.73 Å². The Bertz CT molecular complexity index is 417. The van der Waals surface area contributed by atoms with Crippen molar-refractivity contribution in [3.8, 4) is 0 Å². The molecule has 0 amide bonds. The van der Waals surface area contributed by atoms with Crippen LogP contribution in [-0.2, 0) is 0 Å². The van der Waals surface area contributed by atoms with E-state index in [4.69, 9.17) is 17.3 Å². The smallest absolute Gasteiger partial charge is 0.0502 e. The standard InChI is InChI=1S/C15H23ClN2/c1-10(2)9-18-7-6-14(17)15(18)13-5-4-12(16)8-11(13)3/h4-5,8,10,14-15H,6-7,9,17H2,1-3H3. The molecule has 3 heteroatoms. The monoisotopic (exact) mass is 266 g/mol. The Balaban J connectivity index is 2.27. The van der Waals surface area contributed by atoms with Crippen molar-refractivity contribution in [2.75, 3.05) is 13.1 Å². The maximum Gasteiger partial charge on any atom is 0.0502 e. The molecule has 2 atom stereocenters. The van der Waals surface area contributed by atoms with Gasteiger partial charge in [0.05, 0.1) is 6.04 Å². The minimum atomic E-state index is 0.239. The van der Waals surface area contributed by atoms with Gasteiger partial charge >= 0.3 is 0 Å². The quantitative estimate of drug-likeness (QED) is 0.909. The number of nitrogens with zero attached hydrogens (tertiary/aromatic N) is 1. The van der Waals surface area contributed by atoms with E-state index < -0.39 is 0 Å². The lowest BCUT2D eigenvalue weighted by Crippen LogP contribution is -2.34. The molecule has 0 spiro atoms. The molecule has 0 aromatic heterocycles. The fraction of sp³-hybridized carbons (Fsp3) is 0.600. The fourth-order valence-corrected chi connectivity index (χ4v) is 3.18. The van der Waals surface area contributed by atoms with Crippen LogP contribution in [0.5, 0.6) is 0 Å². The summed E-state index contributed by atoms with van der Waals surface area (Å²) in [7, 11) is 0. The zero-order chi connectivity index (χ0) is 13.3. The SMILES string of the molecule is Cc1cc(Cl)ccc1C1C(N)CCN1CC(C)C. The molecular weight excluding hydrogens is 244 g/mol. The predicted molar refractivity (Wildman–Crippen MR) is 77.9 cm³/mol. The van der Waals surface area contributed by atoms with E-state index in [1.807, 2.05) is 12.1 Å². The van der Waals surface area contributed by atoms with Crippen LogP contribution in [0.2, 0.25) is 5.02 Å². The summed E-state index contributed by atoms with van der Waals surface area (Å²) in [4.78, 5) is 2.52. The molecule has 1 aromatic rings. The van der Waals surface area contributed by atoms with Crippen molar-refractivity contribution >= 4 is 11.6 Å². The summed E-state index contributed by atoms with van der Waals surface area (Å²) in [5.41, 5.74) is 8.90. The van der Waals surface area contributed by atoms with Gasteiger partial charge in [-0.25, -0.2) is 0 Å². The summed E-state index contributed by atoms with van der Waals surface area (Å²) in [6.45, 7) is 8.86. The van der Waals surface area contributed by atoms with E-state index in [0.717, 1.165) is 24.5 Å². The highest BCUT2D eigenvalue weighted by Gasteiger charge is 2.33. The van der Waals surface area contributed by atoms with E-state index >= 15 is 0 Å². The Labute approximate surface area is 115 Å². The Morgan fingerprint density at radius 2 is 2.17 bits per heavy atom. The number of hydrogen-bond acceptors (Lipinski definition) is 2. The van der Waals surface area contributed by atoms with Crippen LogP contribution in [0.1, 0.15) is 37.4 Å². The molecule has 2 unspecified atom stereocenters. The highest BCUT2D eigenvalue weighted by molar-refractivity contribution is 6.30. The summed E-state index contributed by atoms with van der Waals surface area (Å²) in [5.74, 6) is 0.672. The zero-order valence-electron chi connectivity index (χ0n) is 11.5. The molecule has 1 heterocycles. The molecular formula is C15H23ClN2. The first-order chi connectivity index (χ1) is 8.49. The second kappa shape index (κ2) is 5.60. The van der Waals surface area contributed by atoms with Gasteiger partial charge in [-0.1, -0.05) is 31.5 Å². The molecule has 1 aromatic carbocycles. The van der Waals surface area contributed by atoms with Crippen LogP contribution in [0.4, 0.5) is 0 Å². The maximum atomic E-state index is 6.31. The molecule has 0 radical (unpaired) electrons. The summed E-state index contributed by atoms with van der Waals surface area (Å²) >= 11 is 6.04. The van der Waals surface area contributed by atoms with Crippen molar-refractivity contribution in [1.29, 1.82) is 0 Å². The molecule has 0 saturated carbocycles. The van der Waals surface area contributed by atoms with Crippen molar-refractivity contribution in [3.05, 3.63) is 34.3 Å². The molecule has 1 saturated heterocycles. The zero-order valence-corrected chi connectivity index (χ0v) is 12.2. The third-order valence-electron chi connectivity index (χ3n) is 3.70. The molecule has 1 aliphatic heterocycles. The third kappa shape index (κ3) is 2.87. The van der Waals surface area contributed by atoms with E-state index in [9.17, 15) is 0 Å². The minimum Gasteiger partial charge on any atom is -0.326 e. The van der Waals surface area contributed by atoms with Gasteiger partial charge in [0.1, 0.15) is 0 Å². The van der Waals surface area contributed by atoms with Crippen LogP contribution < -0.4 is 5.73 Å². The lowest BCUT2D eigenvalue weighted by atomic mass is 9.96. The van der Waals surface area contributed by atoms with Gasteiger partial charge in [-0.15, -0.1) is 0 Å². The van der Waals surface area contributed by atoms with Gasteiger partial charge in [-0.05, 0) is 42.5 Å². The van der Waals surface area contributed by atoms with Gasteiger partial charge in [0.25, 0.3) is 0 Å². The van der Waals surface area contributed by atoms with Crippen LogP contribution in [0, 0.1) is 12.8 Å². The van der Waals surface area contributed by atoms with Crippen LogP contribution in [0.3, 0.4) is 0 Å². The predicted octanol–water partition coefficient (Wildman–Crippen LogP) is 3.38. The summed E-state index contributed by atoms with van der Waals surface area (Å²) < 4.78 is 0. The van der Waals surface area contributed by atoms with Crippen molar-refractivity contribution in [2.45, 2.75) is 39.3 Å². The van der Waals surface area contributed by atoms with Crippen LogP contribution in [0.15, 0.2) is 18.2 Å². The first kappa shape index (κ1) is 13.9. The lowest BCUT2D eigenvalue weighted by molar-refractivity contribution is 0.220. The van der Waals surface area contributed by atoms with E-state index in [1.54, 1.807) is 0 Å². The largest absolute Gasteiger partial charge is 0.326 e. The molecule has 0 aliphatic carbocycles. The topological polar surface area (TPSA) is 29.3 Å².